The maximum atomic E-state index is 11.7. The predicted molar refractivity (Wildman–Crippen MR) is 90.3 cm³/mol. The van der Waals surface area contributed by atoms with Gasteiger partial charge in [0.25, 0.3) is 5.91 Å². The number of hydrogen-bond acceptors (Lipinski definition) is 4. The molecular weight excluding hydrogens is 292 g/mol. The van der Waals surface area contributed by atoms with E-state index in [2.05, 4.69) is 12.2 Å². The molecule has 5 nitrogen and oxygen atoms in total. The van der Waals surface area contributed by atoms with Crippen molar-refractivity contribution in [1.82, 2.24) is 10.2 Å². The molecule has 2 atom stereocenters. The molecule has 23 heavy (non-hydrogen) atoms. The molecule has 2 unspecified atom stereocenters. The van der Waals surface area contributed by atoms with E-state index < -0.39 is 0 Å². The van der Waals surface area contributed by atoms with E-state index in [4.69, 9.17) is 4.74 Å². The Morgan fingerprint density at radius 3 is 2.87 bits per heavy atom. The number of aliphatic hydroxyl groups is 1. The Morgan fingerprint density at radius 2 is 2.17 bits per heavy atom. The number of ether oxygens (including phenoxy) is 1. The number of amides is 1. The number of rotatable bonds is 7. The largest absolute Gasteiger partial charge is 0.483 e. The Balaban J connectivity index is 1.96. The van der Waals surface area contributed by atoms with Crippen molar-refractivity contribution >= 4 is 5.91 Å². The number of nitrogens with zero attached hydrogens (tertiary/aromatic N) is 1. The third-order valence-corrected chi connectivity index (χ3v) is 4.80. The minimum Gasteiger partial charge on any atom is -0.483 e. The van der Waals surface area contributed by atoms with E-state index in [1.54, 1.807) is 14.1 Å². The minimum atomic E-state index is -0.0589. The summed E-state index contributed by atoms with van der Waals surface area (Å²) in [6.07, 6.45) is 3.28. The van der Waals surface area contributed by atoms with Crippen molar-refractivity contribution in [3.8, 4) is 5.75 Å². The summed E-state index contributed by atoms with van der Waals surface area (Å²) in [6, 6.07) is 8.08. The van der Waals surface area contributed by atoms with E-state index in [0.29, 0.717) is 12.6 Å². The van der Waals surface area contributed by atoms with Crippen LogP contribution in [0, 0.1) is 5.41 Å². The number of carbonyl (C=O) groups excluding carboxylic acids is 1. The van der Waals surface area contributed by atoms with Gasteiger partial charge in [-0.3, -0.25) is 4.79 Å². The number of hydrogen-bond donors (Lipinski definition) is 2. The van der Waals surface area contributed by atoms with Gasteiger partial charge in [-0.05, 0) is 18.9 Å². The fourth-order valence-electron chi connectivity index (χ4n) is 3.06. The Kier molecular flexibility index (Phi) is 6.02. The summed E-state index contributed by atoms with van der Waals surface area (Å²) in [6.45, 7) is 3.06. The van der Waals surface area contributed by atoms with Gasteiger partial charge < -0.3 is 20.1 Å². The average Bonchev–Trinajstić information content (AvgIpc) is 2.92. The number of aliphatic hydroxyl groups excluding tert-OH is 1. The zero-order chi connectivity index (χ0) is 16.9. The van der Waals surface area contributed by atoms with Crippen molar-refractivity contribution < 1.29 is 14.6 Å². The summed E-state index contributed by atoms with van der Waals surface area (Å²) >= 11 is 0. The third-order valence-electron chi connectivity index (χ3n) is 4.80. The van der Waals surface area contributed by atoms with Gasteiger partial charge in [-0.25, -0.2) is 0 Å². The zero-order valence-electron chi connectivity index (χ0n) is 14.3. The first-order valence-electron chi connectivity index (χ1n) is 8.21. The fraction of sp³-hybridized carbons (Fsp3) is 0.611. The third kappa shape index (κ3) is 4.45. The highest BCUT2D eigenvalue weighted by Gasteiger charge is 2.37. The molecule has 1 aliphatic carbocycles. The minimum absolute atomic E-state index is 0.0434. The van der Waals surface area contributed by atoms with Crippen LogP contribution in [-0.2, 0) is 11.3 Å². The van der Waals surface area contributed by atoms with Gasteiger partial charge in [0, 0.05) is 44.3 Å². The highest BCUT2D eigenvalue weighted by molar-refractivity contribution is 5.77. The van der Waals surface area contributed by atoms with Crippen LogP contribution in [0.1, 0.15) is 31.7 Å². The molecule has 0 saturated heterocycles. The van der Waals surface area contributed by atoms with Crippen LogP contribution in [0.5, 0.6) is 5.75 Å². The van der Waals surface area contributed by atoms with Crippen LogP contribution in [0.25, 0.3) is 0 Å². The molecule has 2 N–H and O–H groups in total. The maximum Gasteiger partial charge on any atom is 0.259 e. The number of para-hydroxylation sites is 1. The summed E-state index contributed by atoms with van der Waals surface area (Å²) < 4.78 is 5.67. The lowest BCUT2D eigenvalue weighted by Crippen LogP contribution is -2.41. The molecule has 1 aliphatic rings. The molecule has 1 aromatic rings. The van der Waals surface area contributed by atoms with Gasteiger partial charge in [-0.2, -0.15) is 0 Å². The summed E-state index contributed by atoms with van der Waals surface area (Å²) in [5.41, 5.74) is 0.989. The lowest BCUT2D eigenvalue weighted by Gasteiger charge is -2.30. The number of likely N-dealkylation sites (N-methyl/N-ethyl adjacent to an activating group) is 1. The summed E-state index contributed by atoms with van der Waals surface area (Å²) in [4.78, 5) is 13.2. The first kappa shape index (κ1) is 17.8. The monoisotopic (exact) mass is 320 g/mol. The van der Waals surface area contributed by atoms with Crippen LogP contribution in [-0.4, -0.2) is 49.3 Å². The van der Waals surface area contributed by atoms with Gasteiger partial charge in [0.15, 0.2) is 6.61 Å². The zero-order valence-corrected chi connectivity index (χ0v) is 14.3. The quantitative estimate of drug-likeness (QED) is 0.804. The topological polar surface area (TPSA) is 61.8 Å². The van der Waals surface area contributed by atoms with Crippen LogP contribution in [0.15, 0.2) is 24.3 Å². The van der Waals surface area contributed by atoms with Crippen molar-refractivity contribution in [2.24, 2.45) is 5.41 Å². The Labute approximate surface area is 138 Å². The fourth-order valence-corrected chi connectivity index (χ4v) is 3.06. The van der Waals surface area contributed by atoms with Gasteiger partial charge in [-0.1, -0.05) is 31.5 Å². The lowest BCUT2D eigenvalue weighted by molar-refractivity contribution is -0.130. The normalized spacial score (nSPS) is 23.7. The van der Waals surface area contributed by atoms with Crippen LogP contribution in [0.3, 0.4) is 0 Å². The highest BCUT2D eigenvalue weighted by atomic mass is 16.5. The average molecular weight is 320 g/mol. The highest BCUT2D eigenvalue weighted by Crippen LogP contribution is 2.37. The van der Waals surface area contributed by atoms with E-state index in [9.17, 15) is 9.90 Å². The van der Waals surface area contributed by atoms with Gasteiger partial charge >= 0.3 is 0 Å². The Morgan fingerprint density at radius 1 is 1.43 bits per heavy atom. The van der Waals surface area contributed by atoms with E-state index in [-0.39, 0.29) is 24.5 Å². The van der Waals surface area contributed by atoms with Crippen molar-refractivity contribution in [1.29, 1.82) is 0 Å². The summed E-state index contributed by atoms with van der Waals surface area (Å²) in [5, 5.41) is 13.2. The molecule has 0 aliphatic heterocycles. The van der Waals surface area contributed by atoms with E-state index in [0.717, 1.165) is 30.6 Å². The Hall–Kier alpha value is -1.59. The lowest BCUT2D eigenvalue weighted by atomic mass is 9.85. The number of benzene rings is 1. The number of nitrogens with one attached hydrogen (secondary N) is 1. The van der Waals surface area contributed by atoms with Crippen molar-refractivity contribution in [2.75, 3.05) is 27.3 Å². The van der Waals surface area contributed by atoms with Crippen LogP contribution in [0.2, 0.25) is 0 Å². The van der Waals surface area contributed by atoms with Crippen LogP contribution in [0.4, 0.5) is 0 Å². The second-order valence-corrected chi connectivity index (χ2v) is 6.82. The van der Waals surface area contributed by atoms with E-state index in [1.807, 2.05) is 24.3 Å². The molecule has 0 radical (unpaired) electrons. The molecular formula is C18H28N2O3. The van der Waals surface area contributed by atoms with Gasteiger partial charge in [0.2, 0.25) is 0 Å². The first-order valence-corrected chi connectivity index (χ1v) is 8.21. The molecule has 1 fully saturated rings. The molecule has 1 saturated carbocycles. The molecule has 2 rings (SSSR count). The molecule has 0 bridgehead atoms. The van der Waals surface area contributed by atoms with Crippen LogP contribution < -0.4 is 10.1 Å². The molecule has 1 amide bonds. The molecule has 0 spiro atoms. The van der Waals surface area contributed by atoms with Crippen molar-refractivity contribution in [2.45, 2.75) is 38.8 Å². The number of carbonyl (C=O) groups is 1. The Bertz CT molecular complexity index is 533. The standard InChI is InChI=1S/C18H28N2O3/c1-18(13-21)10-6-9-16(18)19-11-14-7-4-5-8-15(14)23-12-17(22)20(2)3/h4-5,7-8,16,19,21H,6,9-13H2,1-3H3. The van der Waals surface area contributed by atoms with Crippen molar-refractivity contribution in [3.05, 3.63) is 29.8 Å². The van der Waals surface area contributed by atoms with Crippen molar-refractivity contribution in [3.63, 3.8) is 0 Å². The smallest absolute Gasteiger partial charge is 0.259 e. The molecule has 128 valence electrons. The maximum absolute atomic E-state index is 11.7. The SMILES string of the molecule is CN(C)C(=O)COc1ccccc1CNC1CCCC1(C)CO. The molecule has 0 heterocycles. The second-order valence-electron chi connectivity index (χ2n) is 6.82. The first-order chi connectivity index (χ1) is 11.0. The summed E-state index contributed by atoms with van der Waals surface area (Å²) in [5.74, 6) is 0.676. The molecule has 0 aromatic heterocycles. The molecule has 1 aromatic carbocycles. The van der Waals surface area contributed by atoms with Gasteiger partial charge in [0.05, 0.1) is 0 Å². The van der Waals surface area contributed by atoms with Gasteiger partial charge in [-0.15, -0.1) is 0 Å². The second kappa shape index (κ2) is 7.79. The van der Waals surface area contributed by atoms with Crippen LogP contribution >= 0.6 is 0 Å². The summed E-state index contributed by atoms with van der Waals surface area (Å²) in [7, 11) is 3.43. The molecule has 5 heteroatoms. The van der Waals surface area contributed by atoms with E-state index in [1.165, 1.54) is 4.90 Å². The predicted octanol–water partition coefficient (Wildman–Crippen LogP) is 1.79. The van der Waals surface area contributed by atoms with Gasteiger partial charge in [0.1, 0.15) is 5.75 Å². The van der Waals surface area contributed by atoms with E-state index >= 15 is 0 Å².